The van der Waals surface area contributed by atoms with Gasteiger partial charge < -0.3 is 10.0 Å². The molecule has 1 aromatic rings. The summed E-state index contributed by atoms with van der Waals surface area (Å²) >= 11 is 0. The van der Waals surface area contributed by atoms with E-state index in [9.17, 15) is 5.11 Å². The van der Waals surface area contributed by atoms with Gasteiger partial charge in [0.05, 0.1) is 23.7 Å². The summed E-state index contributed by atoms with van der Waals surface area (Å²) in [5.41, 5.74) is 1.99. The van der Waals surface area contributed by atoms with Crippen molar-refractivity contribution in [1.29, 1.82) is 0 Å². The van der Waals surface area contributed by atoms with Crippen molar-refractivity contribution in [2.24, 2.45) is 5.92 Å². The highest BCUT2D eigenvalue weighted by atomic mass is 16.3. The number of pyridine rings is 1. The lowest BCUT2D eigenvalue weighted by atomic mass is 10.1. The first-order valence-corrected chi connectivity index (χ1v) is 8.02. The molecule has 0 aromatic carbocycles. The second kappa shape index (κ2) is 7.07. The minimum atomic E-state index is -0.436. The fraction of sp³-hybridized carbons (Fsp3) is 0.706. The van der Waals surface area contributed by atoms with Crippen LogP contribution in [-0.4, -0.2) is 22.7 Å². The number of nitrogens with zero attached hydrogens (tertiary/aromatic N) is 2. The molecule has 0 unspecified atom stereocenters. The van der Waals surface area contributed by atoms with Gasteiger partial charge in [0.1, 0.15) is 0 Å². The molecule has 1 N–H and O–H groups in total. The third-order valence-corrected chi connectivity index (χ3v) is 4.16. The Morgan fingerprint density at radius 3 is 2.50 bits per heavy atom. The Hall–Kier alpha value is -1.09. The van der Waals surface area contributed by atoms with Crippen molar-refractivity contribution < 1.29 is 5.11 Å². The van der Waals surface area contributed by atoms with Crippen molar-refractivity contribution in [1.82, 2.24) is 4.98 Å². The summed E-state index contributed by atoms with van der Waals surface area (Å²) in [6.45, 7) is 7.60. The minimum Gasteiger partial charge on any atom is -0.387 e. The Morgan fingerprint density at radius 2 is 2.00 bits per heavy atom. The summed E-state index contributed by atoms with van der Waals surface area (Å²) < 4.78 is 0. The fourth-order valence-corrected chi connectivity index (χ4v) is 3.05. The summed E-state index contributed by atoms with van der Waals surface area (Å²) in [5.74, 6) is 0.650. The minimum absolute atomic E-state index is 0.436. The lowest BCUT2D eigenvalue weighted by molar-refractivity contribution is 0.169. The van der Waals surface area contributed by atoms with Gasteiger partial charge >= 0.3 is 0 Å². The summed E-state index contributed by atoms with van der Waals surface area (Å²) in [5, 5.41) is 9.84. The second-order valence-corrected chi connectivity index (χ2v) is 6.35. The van der Waals surface area contributed by atoms with E-state index >= 15 is 0 Å². The third kappa shape index (κ3) is 3.72. The molecule has 0 radical (unpaired) electrons. The van der Waals surface area contributed by atoms with Gasteiger partial charge in [0.15, 0.2) is 0 Å². The molecule has 0 aliphatic heterocycles. The highest BCUT2D eigenvalue weighted by molar-refractivity contribution is 5.46. The van der Waals surface area contributed by atoms with E-state index in [1.807, 2.05) is 19.2 Å². The number of hydrogen-bond donors (Lipinski definition) is 1. The quantitative estimate of drug-likeness (QED) is 0.855. The Bertz CT molecular complexity index is 396. The molecule has 0 amide bonds. The van der Waals surface area contributed by atoms with Gasteiger partial charge in [-0.3, -0.25) is 4.98 Å². The van der Waals surface area contributed by atoms with E-state index in [0.717, 1.165) is 12.2 Å². The highest BCUT2D eigenvalue weighted by Gasteiger charge is 2.23. The van der Waals surface area contributed by atoms with Crippen LogP contribution in [0.25, 0.3) is 0 Å². The van der Waals surface area contributed by atoms with Gasteiger partial charge in [0.2, 0.25) is 0 Å². The number of anilines is 1. The van der Waals surface area contributed by atoms with E-state index in [0.29, 0.717) is 18.4 Å². The van der Waals surface area contributed by atoms with E-state index < -0.39 is 6.10 Å². The summed E-state index contributed by atoms with van der Waals surface area (Å²) in [7, 11) is 0. The molecule has 1 aliphatic rings. The van der Waals surface area contributed by atoms with Gasteiger partial charge in [-0.05, 0) is 37.3 Å². The third-order valence-electron chi connectivity index (χ3n) is 4.16. The van der Waals surface area contributed by atoms with Crippen LogP contribution >= 0.6 is 0 Å². The average Bonchev–Trinajstić information content (AvgIpc) is 2.98. The lowest BCUT2D eigenvalue weighted by Gasteiger charge is -2.32. The molecular weight excluding hydrogens is 248 g/mol. The van der Waals surface area contributed by atoms with Crippen LogP contribution in [0, 0.1) is 5.92 Å². The van der Waals surface area contributed by atoms with E-state index in [4.69, 9.17) is 0 Å². The average molecular weight is 276 g/mol. The molecule has 1 aromatic heterocycles. The Morgan fingerprint density at radius 1 is 1.30 bits per heavy atom. The Balaban J connectivity index is 2.15. The van der Waals surface area contributed by atoms with Crippen LogP contribution < -0.4 is 4.90 Å². The Kier molecular flexibility index (Phi) is 5.41. The van der Waals surface area contributed by atoms with Crippen LogP contribution in [0.1, 0.15) is 64.7 Å². The van der Waals surface area contributed by atoms with Gasteiger partial charge in [-0.25, -0.2) is 0 Å². The van der Waals surface area contributed by atoms with Crippen molar-refractivity contribution in [3.05, 3.63) is 24.0 Å². The number of aliphatic hydroxyl groups excluding tert-OH is 1. The first-order valence-electron chi connectivity index (χ1n) is 8.02. The van der Waals surface area contributed by atoms with Gasteiger partial charge in [-0.1, -0.05) is 33.6 Å². The summed E-state index contributed by atoms with van der Waals surface area (Å²) in [6.07, 6.45) is 7.50. The Labute approximate surface area is 123 Å². The monoisotopic (exact) mass is 276 g/mol. The molecule has 1 heterocycles. The first-order chi connectivity index (χ1) is 9.61. The second-order valence-electron chi connectivity index (χ2n) is 6.35. The molecule has 0 bridgehead atoms. The van der Waals surface area contributed by atoms with Gasteiger partial charge in [0.25, 0.3) is 0 Å². The standard InChI is InChI=1S/C17H28N2O/c1-4-17(20)16-10-9-15(11-18-16)19(12-13(2)3)14-7-5-6-8-14/h9-11,13-14,17,20H,4-8,12H2,1-3H3/t17-/m1/s1. The largest absolute Gasteiger partial charge is 0.387 e. The molecule has 3 nitrogen and oxygen atoms in total. The lowest BCUT2D eigenvalue weighted by Crippen LogP contribution is -2.36. The van der Waals surface area contributed by atoms with Crippen molar-refractivity contribution >= 4 is 5.69 Å². The van der Waals surface area contributed by atoms with E-state index in [2.05, 4.69) is 29.8 Å². The van der Waals surface area contributed by atoms with Crippen LogP contribution in [0.4, 0.5) is 5.69 Å². The van der Waals surface area contributed by atoms with Crippen LogP contribution in [0.3, 0.4) is 0 Å². The molecule has 20 heavy (non-hydrogen) atoms. The number of aliphatic hydroxyl groups is 1. The van der Waals surface area contributed by atoms with E-state index in [1.54, 1.807) is 0 Å². The normalized spacial score (nSPS) is 17.6. The number of hydrogen-bond acceptors (Lipinski definition) is 3. The van der Waals surface area contributed by atoms with Crippen molar-refractivity contribution in [3.63, 3.8) is 0 Å². The van der Waals surface area contributed by atoms with E-state index in [-0.39, 0.29) is 0 Å². The molecule has 1 fully saturated rings. The SMILES string of the molecule is CC[C@@H](O)c1ccc(N(CC(C)C)C2CCCC2)cn1. The zero-order valence-corrected chi connectivity index (χ0v) is 13.0. The van der Waals surface area contributed by atoms with Crippen LogP contribution in [-0.2, 0) is 0 Å². The predicted molar refractivity (Wildman–Crippen MR) is 83.9 cm³/mol. The topological polar surface area (TPSA) is 36.4 Å². The maximum atomic E-state index is 9.84. The molecule has 0 spiro atoms. The molecule has 112 valence electrons. The fourth-order valence-electron chi connectivity index (χ4n) is 3.05. The molecular formula is C17H28N2O. The van der Waals surface area contributed by atoms with Crippen molar-refractivity contribution in [2.45, 2.75) is 65.0 Å². The van der Waals surface area contributed by atoms with Gasteiger partial charge in [-0.15, -0.1) is 0 Å². The van der Waals surface area contributed by atoms with Gasteiger partial charge in [0, 0.05) is 12.6 Å². The zero-order chi connectivity index (χ0) is 14.5. The smallest absolute Gasteiger partial charge is 0.0957 e. The molecule has 1 saturated carbocycles. The van der Waals surface area contributed by atoms with Crippen molar-refractivity contribution in [3.8, 4) is 0 Å². The summed E-state index contributed by atoms with van der Waals surface area (Å²) in [6, 6.07) is 4.77. The molecule has 3 heteroatoms. The maximum Gasteiger partial charge on any atom is 0.0957 e. The maximum absolute atomic E-state index is 9.84. The molecule has 2 rings (SSSR count). The molecule has 0 saturated heterocycles. The van der Waals surface area contributed by atoms with Crippen molar-refractivity contribution in [2.75, 3.05) is 11.4 Å². The van der Waals surface area contributed by atoms with Gasteiger partial charge in [-0.2, -0.15) is 0 Å². The number of rotatable bonds is 6. The van der Waals surface area contributed by atoms with Crippen LogP contribution in [0.5, 0.6) is 0 Å². The van der Waals surface area contributed by atoms with Crippen LogP contribution in [0.2, 0.25) is 0 Å². The predicted octanol–water partition coefficient (Wildman–Crippen LogP) is 3.93. The number of aromatic nitrogens is 1. The molecule has 1 atom stereocenters. The van der Waals surface area contributed by atoms with Crippen LogP contribution in [0.15, 0.2) is 18.3 Å². The van der Waals surface area contributed by atoms with E-state index in [1.165, 1.54) is 31.4 Å². The summed E-state index contributed by atoms with van der Waals surface area (Å²) in [4.78, 5) is 6.98. The molecule has 1 aliphatic carbocycles. The zero-order valence-electron chi connectivity index (χ0n) is 13.0. The highest BCUT2D eigenvalue weighted by Crippen LogP contribution is 2.29. The first kappa shape index (κ1) is 15.3.